The van der Waals surface area contributed by atoms with E-state index in [9.17, 15) is 15.2 Å². The molecule has 0 unspecified atom stereocenters. The molecule has 1 saturated heterocycles. The van der Waals surface area contributed by atoms with Crippen molar-refractivity contribution >= 4 is 6.09 Å². The van der Waals surface area contributed by atoms with Gasteiger partial charge in [-0.15, -0.1) is 0 Å². The summed E-state index contributed by atoms with van der Waals surface area (Å²) in [5, 5.41) is 19.0. The summed E-state index contributed by atoms with van der Waals surface area (Å²) in [5.41, 5.74) is 4.30. The molecule has 0 radical (unpaired) electrons. The third-order valence-electron chi connectivity index (χ3n) is 3.51. The molecule has 0 aromatic heterocycles. The van der Waals surface area contributed by atoms with Crippen LogP contribution in [0.3, 0.4) is 0 Å². The van der Waals surface area contributed by atoms with Crippen LogP contribution in [0.25, 0.3) is 0 Å². The summed E-state index contributed by atoms with van der Waals surface area (Å²) in [6.07, 6.45) is 0.438. The second-order valence-corrected chi connectivity index (χ2v) is 6.45. The van der Waals surface area contributed by atoms with Gasteiger partial charge in [0.15, 0.2) is 0 Å². The van der Waals surface area contributed by atoms with Gasteiger partial charge in [0.1, 0.15) is 5.60 Å². The van der Waals surface area contributed by atoms with Crippen LogP contribution in [-0.2, 0) is 4.74 Å². The summed E-state index contributed by atoms with van der Waals surface area (Å²) in [7, 11) is 0. The van der Waals surface area contributed by atoms with Gasteiger partial charge in [0, 0.05) is 19.6 Å². The zero-order chi connectivity index (χ0) is 15.4. The van der Waals surface area contributed by atoms with Gasteiger partial charge in [0.05, 0.1) is 17.6 Å². The first-order chi connectivity index (χ1) is 9.21. The van der Waals surface area contributed by atoms with Crippen molar-refractivity contribution in [3.63, 3.8) is 0 Å². The van der Waals surface area contributed by atoms with Gasteiger partial charge in [0.25, 0.3) is 0 Å². The number of aliphatic hydroxyl groups is 1. The van der Waals surface area contributed by atoms with Crippen molar-refractivity contribution < 1.29 is 14.6 Å². The second kappa shape index (κ2) is 6.42. The molecule has 1 aliphatic rings. The summed E-state index contributed by atoms with van der Waals surface area (Å²) in [6, 6.07) is 2.30. The molecule has 1 rings (SSSR count). The van der Waals surface area contributed by atoms with Crippen LogP contribution < -0.4 is 5.73 Å². The molecular formula is C14H25N3O3. The predicted octanol–water partition coefficient (Wildman–Crippen LogP) is 1.24. The molecule has 0 aromatic carbocycles. The van der Waals surface area contributed by atoms with Crippen LogP contribution in [0.5, 0.6) is 0 Å². The van der Waals surface area contributed by atoms with Crippen molar-refractivity contribution in [1.29, 1.82) is 5.26 Å². The largest absolute Gasteiger partial charge is 0.444 e. The van der Waals surface area contributed by atoms with Crippen molar-refractivity contribution in [2.45, 2.75) is 51.7 Å². The van der Waals surface area contributed by atoms with Crippen LogP contribution >= 0.6 is 0 Å². The maximum atomic E-state index is 11.9. The number of hydrogen-bond donors (Lipinski definition) is 2. The number of nitrogens with zero attached hydrogens (tertiary/aromatic N) is 2. The molecule has 1 atom stereocenters. The molecule has 0 saturated carbocycles. The Morgan fingerprint density at radius 1 is 1.50 bits per heavy atom. The number of carbonyl (C=O) groups excluding carboxylic acids is 1. The lowest BCUT2D eigenvalue weighted by Gasteiger charge is -2.38. The van der Waals surface area contributed by atoms with Gasteiger partial charge in [-0.25, -0.2) is 4.79 Å². The maximum absolute atomic E-state index is 11.9. The first-order valence-electron chi connectivity index (χ1n) is 6.99. The van der Waals surface area contributed by atoms with Crippen molar-refractivity contribution in [3.05, 3.63) is 0 Å². The molecule has 3 N–H and O–H groups in total. The number of carbonyl (C=O) groups is 1. The minimum absolute atomic E-state index is 0.152. The lowest BCUT2D eigenvalue weighted by molar-refractivity contribution is 0.0105. The minimum atomic E-state index is -0.664. The van der Waals surface area contributed by atoms with Crippen molar-refractivity contribution in [1.82, 2.24) is 4.90 Å². The number of likely N-dealkylation sites (tertiary alicyclic amines) is 1. The highest BCUT2D eigenvalue weighted by atomic mass is 16.6. The smallest absolute Gasteiger partial charge is 0.410 e. The molecule has 1 amide bonds. The summed E-state index contributed by atoms with van der Waals surface area (Å²) < 4.78 is 5.32. The molecule has 114 valence electrons. The molecule has 0 bridgehead atoms. The van der Waals surface area contributed by atoms with Crippen LogP contribution in [-0.4, -0.2) is 47.4 Å². The topological polar surface area (TPSA) is 99.6 Å². The van der Waals surface area contributed by atoms with Crippen LogP contribution in [0.4, 0.5) is 4.79 Å². The fraction of sp³-hybridized carbons (Fsp3) is 0.857. The molecule has 0 aromatic rings. The van der Waals surface area contributed by atoms with Crippen LogP contribution in [0.15, 0.2) is 0 Å². The molecule has 6 nitrogen and oxygen atoms in total. The van der Waals surface area contributed by atoms with E-state index < -0.39 is 17.1 Å². The zero-order valence-corrected chi connectivity index (χ0v) is 12.6. The Labute approximate surface area is 120 Å². The highest BCUT2D eigenvalue weighted by molar-refractivity contribution is 5.68. The lowest BCUT2D eigenvalue weighted by Crippen LogP contribution is -2.46. The number of aliphatic hydroxyl groups excluding tert-OH is 1. The molecule has 1 fully saturated rings. The normalized spacial score (nSPS) is 20.1. The standard InChI is InChI=1S/C14H25N3O3/c1-13(2,3)20-12(19)17-6-4-14(10-16,5-7-17)8-11(18)9-15/h11,18H,4-9,15H2,1-3H3/t11-/m0/s1. The second-order valence-electron chi connectivity index (χ2n) is 6.45. The Bertz CT molecular complexity index is 376. The number of ether oxygens (including phenoxy) is 1. The Morgan fingerprint density at radius 3 is 2.45 bits per heavy atom. The van der Waals surface area contributed by atoms with Gasteiger partial charge < -0.3 is 20.5 Å². The zero-order valence-electron chi connectivity index (χ0n) is 12.6. The average molecular weight is 283 g/mol. The lowest BCUT2D eigenvalue weighted by atomic mass is 9.75. The van der Waals surface area contributed by atoms with E-state index in [4.69, 9.17) is 10.5 Å². The van der Waals surface area contributed by atoms with Gasteiger partial charge in [0.2, 0.25) is 0 Å². The molecule has 1 aliphatic heterocycles. The predicted molar refractivity (Wildman–Crippen MR) is 74.8 cm³/mol. The van der Waals surface area contributed by atoms with Crippen LogP contribution in [0.2, 0.25) is 0 Å². The van der Waals surface area contributed by atoms with E-state index in [0.717, 1.165) is 0 Å². The van der Waals surface area contributed by atoms with E-state index in [-0.39, 0.29) is 12.6 Å². The number of hydrogen-bond acceptors (Lipinski definition) is 5. The molecular weight excluding hydrogens is 258 g/mol. The highest BCUT2D eigenvalue weighted by Crippen LogP contribution is 2.35. The molecule has 0 aliphatic carbocycles. The molecule has 6 heteroatoms. The maximum Gasteiger partial charge on any atom is 0.410 e. The third-order valence-corrected chi connectivity index (χ3v) is 3.51. The first-order valence-corrected chi connectivity index (χ1v) is 6.99. The van der Waals surface area contributed by atoms with E-state index in [0.29, 0.717) is 32.4 Å². The van der Waals surface area contributed by atoms with Gasteiger partial charge in [-0.1, -0.05) is 0 Å². The summed E-state index contributed by atoms with van der Waals surface area (Å²) in [5.74, 6) is 0. The number of nitriles is 1. The Balaban J connectivity index is 2.57. The van der Waals surface area contributed by atoms with Gasteiger partial charge >= 0.3 is 6.09 Å². The van der Waals surface area contributed by atoms with E-state index in [2.05, 4.69) is 6.07 Å². The Kier molecular flexibility index (Phi) is 5.37. The van der Waals surface area contributed by atoms with Gasteiger partial charge in [-0.2, -0.15) is 5.26 Å². The number of amides is 1. The van der Waals surface area contributed by atoms with Crippen LogP contribution in [0, 0.1) is 16.7 Å². The van der Waals surface area contributed by atoms with Crippen LogP contribution in [0.1, 0.15) is 40.0 Å². The first kappa shape index (κ1) is 16.7. The van der Waals surface area contributed by atoms with Crippen molar-refractivity contribution in [3.8, 4) is 6.07 Å². The Hall–Kier alpha value is -1.32. The highest BCUT2D eigenvalue weighted by Gasteiger charge is 2.38. The van der Waals surface area contributed by atoms with E-state index in [1.807, 2.05) is 20.8 Å². The summed E-state index contributed by atoms with van der Waals surface area (Å²) in [6.45, 7) is 6.57. The van der Waals surface area contributed by atoms with Crippen molar-refractivity contribution in [2.75, 3.05) is 19.6 Å². The van der Waals surface area contributed by atoms with Crippen molar-refractivity contribution in [2.24, 2.45) is 11.1 Å². The average Bonchev–Trinajstić information content (AvgIpc) is 2.37. The fourth-order valence-corrected chi connectivity index (χ4v) is 2.34. The third kappa shape index (κ3) is 4.66. The molecule has 1 heterocycles. The Morgan fingerprint density at radius 2 is 2.05 bits per heavy atom. The molecule has 0 spiro atoms. The SMILES string of the molecule is CC(C)(C)OC(=O)N1CCC(C#N)(C[C@H](O)CN)CC1. The van der Waals surface area contributed by atoms with E-state index >= 15 is 0 Å². The van der Waals surface area contributed by atoms with E-state index in [1.165, 1.54) is 0 Å². The van der Waals surface area contributed by atoms with E-state index in [1.54, 1.807) is 4.90 Å². The monoisotopic (exact) mass is 283 g/mol. The minimum Gasteiger partial charge on any atom is -0.444 e. The fourth-order valence-electron chi connectivity index (χ4n) is 2.34. The number of piperidine rings is 1. The summed E-state index contributed by atoms with van der Waals surface area (Å²) in [4.78, 5) is 13.6. The molecule has 20 heavy (non-hydrogen) atoms. The quantitative estimate of drug-likeness (QED) is 0.811. The number of rotatable bonds is 3. The van der Waals surface area contributed by atoms with Gasteiger partial charge in [-0.05, 0) is 40.0 Å². The summed E-state index contributed by atoms with van der Waals surface area (Å²) >= 11 is 0. The van der Waals surface area contributed by atoms with Gasteiger partial charge in [-0.3, -0.25) is 0 Å². The number of nitrogens with two attached hydrogens (primary N) is 1.